The molecule has 0 aliphatic rings. The predicted molar refractivity (Wildman–Crippen MR) is 43.0 cm³/mol. The van der Waals surface area contributed by atoms with Crippen molar-refractivity contribution in [3.8, 4) is 0 Å². The van der Waals surface area contributed by atoms with Crippen LogP contribution in [-0.4, -0.2) is 4.98 Å². The van der Waals surface area contributed by atoms with Gasteiger partial charge in [-0.3, -0.25) is 0 Å². The summed E-state index contributed by atoms with van der Waals surface area (Å²) in [7, 11) is 0. The fourth-order valence-corrected chi connectivity index (χ4v) is 1.02. The molecule has 0 unspecified atom stereocenters. The number of nitrogens with two attached hydrogens (primary N) is 1. The summed E-state index contributed by atoms with van der Waals surface area (Å²) in [6.07, 6.45) is 1.72. The average Bonchev–Trinajstić information content (AvgIpc) is 1.99. The van der Waals surface area contributed by atoms with E-state index in [1.54, 1.807) is 6.92 Å². The van der Waals surface area contributed by atoms with Crippen LogP contribution >= 0.6 is 11.6 Å². The van der Waals surface area contributed by atoms with Crippen LogP contribution in [0.25, 0.3) is 0 Å². The second-order valence-electron chi connectivity index (χ2n) is 2.14. The van der Waals surface area contributed by atoms with E-state index >= 15 is 0 Å². The number of rotatable bonds is 1. The molecule has 0 saturated carbocycles. The Morgan fingerprint density at radius 3 is 2.82 bits per heavy atom. The first kappa shape index (κ1) is 8.27. The highest BCUT2D eigenvalue weighted by Crippen LogP contribution is 2.21. The minimum absolute atomic E-state index is 0.0241. The Morgan fingerprint density at radius 2 is 2.36 bits per heavy atom. The molecule has 2 nitrogen and oxygen atoms in total. The molecule has 0 amide bonds. The average molecular weight is 175 g/mol. The van der Waals surface area contributed by atoms with Gasteiger partial charge in [-0.15, -0.1) is 0 Å². The summed E-state index contributed by atoms with van der Waals surface area (Å²) in [4.78, 5) is 3.72. The molecule has 11 heavy (non-hydrogen) atoms. The van der Waals surface area contributed by atoms with Crippen molar-refractivity contribution >= 4 is 17.4 Å². The third kappa shape index (κ3) is 1.43. The number of nitrogen functional groups attached to an aromatic ring is 1. The number of nitrogens with zero attached hydrogens (tertiary/aromatic N) is 1. The lowest BCUT2D eigenvalue weighted by Crippen LogP contribution is -2.00. The van der Waals surface area contributed by atoms with Gasteiger partial charge in [-0.2, -0.15) is 0 Å². The smallest absolute Gasteiger partial charge is 0.150 e. The molecule has 0 aliphatic carbocycles. The molecular weight excluding hydrogens is 167 g/mol. The monoisotopic (exact) mass is 174 g/mol. The van der Waals surface area contributed by atoms with Gasteiger partial charge in [-0.05, 0) is 6.42 Å². The lowest BCUT2D eigenvalue weighted by molar-refractivity contribution is 0.611. The van der Waals surface area contributed by atoms with Crippen LogP contribution in [0, 0.1) is 5.82 Å². The fraction of sp³-hybridized carbons (Fsp3) is 0.286. The molecule has 1 rings (SSSR count). The Balaban J connectivity index is 3.29. The summed E-state index contributed by atoms with van der Waals surface area (Å²) in [5, 5.41) is 0.0241. The minimum Gasteiger partial charge on any atom is -0.383 e. The maximum Gasteiger partial charge on any atom is 0.150 e. The van der Waals surface area contributed by atoms with Gasteiger partial charge in [-0.1, -0.05) is 18.5 Å². The van der Waals surface area contributed by atoms with Gasteiger partial charge >= 0.3 is 0 Å². The third-order valence-electron chi connectivity index (χ3n) is 1.45. The third-order valence-corrected chi connectivity index (χ3v) is 1.72. The highest BCUT2D eigenvalue weighted by molar-refractivity contribution is 6.30. The van der Waals surface area contributed by atoms with Crippen LogP contribution in [0.4, 0.5) is 10.2 Å². The van der Waals surface area contributed by atoms with Crippen molar-refractivity contribution in [3.63, 3.8) is 0 Å². The molecule has 60 valence electrons. The van der Waals surface area contributed by atoms with Crippen LogP contribution in [0.2, 0.25) is 5.02 Å². The summed E-state index contributed by atoms with van der Waals surface area (Å²) in [6.45, 7) is 1.80. The first-order valence-electron chi connectivity index (χ1n) is 3.25. The van der Waals surface area contributed by atoms with Crippen molar-refractivity contribution in [2.75, 3.05) is 5.73 Å². The van der Waals surface area contributed by atoms with Crippen LogP contribution in [0.3, 0.4) is 0 Å². The molecule has 2 N–H and O–H groups in total. The van der Waals surface area contributed by atoms with Gasteiger partial charge in [0.15, 0.2) is 0 Å². The number of pyridine rings is 1. The number of hydrogen-bond donors (Lipinski definition) is 1. The quantitative estimate of drug-likeness (QED) is 0.708. The van der Waals surface area contributed by atoms with Crippen LogP contribution in [-0.2, 0) is 6.42 Å². The lowest BCUT2D eigenvalue weighted by atomic mass is 10.2. The molecular formula is C7H8ClFN2. The molecule has 0 fully saturated rings. The summed E-state index contributed by atoms with van der Waals surface area (Å²) < 4.78 is 13.0. The summed E-state index contributed by atoms with van der Waals surface area (Å²) in [5.74, 6) is -0.240. The largest absolute Gasteiger partial charge is 0.383 e. The Kier molecular flexibility index (Phi) is 2.29. The van der Waals surface area contributed by atoms with Crippen molar-refractivity contribution in [2.45, 2.75) is 13.3 Å². The maximum atomic E-state index is 13.0. The Bertz CT molecular complexity index is 275. The van der Waals surface area contributed by atoms with Gasteiger partial charge in [0.05, 0.1) is 11.2 Å². The molecule has 0 radical (unpaired) electrons. The zero-order valence-electron chi connectivity index (χ0n) is 6.06. The van der Waals surface area contributed by atoms with E-state index in [-0.39, 0.29) is 10.8 Å². The van der Waals surface area contributed by atoms with Gasteiger partial charge in [-0.25, -0.2) is 9.37 Å². The fourth-order valence-electron chi connectivity index (χ4n) is 0.854. The lowest BCUT2D eigenvalue weighted by Gasteiger charge is -2.03. The SMILES string of the molecule is CCc1c(N)ncc(Cl)c1F. The number of aromatic nitrogens is 1. The van der Waals surface area contributed by atoms with E-state index in [0.29, 0.717) is 12.0 Å². The van der Waals surface area contributed by atoms with Gasteiger partial charge in [0, 0.05) is 5.56 Å². The molecule has 0 spiro atoms. The molecule has 0 saturated heterocycles. The molecule has 0 aromatic carbocycles. The number of anilines is 1. The summed E-state index contributed by atoms with van der Waals surface area (Å²) >= 11 is 5.47. The molecule has 0 atom stereocenters. The second kappa shape index (κ2) is 3.05. The molecule has 1 aromatic heterocycles. The van der Waals surface area contributed by atoms with E-state index in [2.05, 4.69) is 4.98 Å². The van der Waals surface area contributed by atoms with Crippen molar-refractivity contribution in [1.29, 1.82) is 0 Å². The zero-order chi connectivity index (χ0) is 8.43. The Labute approximate surface area is 69.2 Å². The number of hydrogen-bond acceptors (Lipinski definition) is 2. The Hall–Kier alpha value is -0.830. The predicted octanol–water partition coefficient (Wildman–Crippen LogP) is 2.02. The highest BCUT2D eigenvalue weighted by Gasteiger charge is 2.08. The highest BCUT2D eigenvalue weighted by atomic mass is 35.5. The summed E-state index contributed by atoms with van der Waals surface area (Å²) in [6, 6.07) is 0. The standard InChI is InChI=1S/C7H8ClFN2/c1-2-4-6(9)5(8)3-11-7(4)10/h3H,2H2,1H3,(H2,10,11). The van der Waals surface area contributed by atoms with Crippen LogP contribution in [0.15, 0.2) is 6.20 Å². The molecule has 1 heterocycles. The van der Waals surface area contributed by atoms with Crippen molar-refractivity contribution in [1.82, 2.24) is 4.98 Å². The minimum atomic E-state index is -0.457. The van der Waals surface area contributed by atoms with Crippen LogP contribution < -0.4 is 5.73 Å². The van der Waals surface area contributed by atoms with E-state index in [1.165, 1.54) is 6.20 Å². The van der Waals surface area contributed by atoms with E-state index in [1.807, 2.05) is 0 Å². The van der Waals surface area contributed by atoms with Gasteiger partial charge in [0.1, 0.15) is 11.6 Å². The maximum absolute atomic E-state index is 13.0. The van der Waals surface area contributed by atoms with Crippen molar-refractivity contribution in [3.05, 3.63) is 22.6 Å². The van der Waals surface area contributed by atoms with E-state index in [0.717, 1.165) is 0 Å². The van der Waals surface area contributed by atoms with Crippen molar-refractivity contribution < 1.29 is 4.39 Å². The molecule has 4 heteroatoms. The molecule has 1 aromatic rings. The van der Waals surface area contributed by atoms with Gasteiger partial charge in [0.2, 0.25) is 0 Å². The van der Waals surface area contributed by atoms with Gasteiger partial charge in [0.25, 0.3) is 0 Å². The number of halogens is 2. The van der Waals surface area contributed by atoms with E-state index in [4.69, 9.17) is 17.3 Å². The van der Waals surface area contributed by atoms with E-state index < -0.39 is 5.82 Å². The first-order valence-corrected chi connectivity index (χ1v) is 3.63. The molecule has 0 aliphatic heterocycles. The molecule has 0 bridgehead atoms. The summed E-state index contributed by atoms with van der Waals surface area (Å²) in [5.41, 5.74) is 5.78. The first-order chi connectivity index (χ1) is 5.16. The topological polar surface area (TPSA) is 38.9 Å². The van der Waals surface area contributed by atoms with Crippen LogP contribution in [0.5, 0.6) is 0 Å². The van der Waals surface area contributed by atoms with Crippen LogP contribution in [0.1, 0.15) is 12.5 Å². The van der Waals surface area contributed by atoms with Crippen molar-refractivity contribution in [2.24, 2.45) is 0 Å². The second-order valence-corrected chi connectivity index (χ2v) is 2.54. The normalized spacial score (nSPS) is 10.1. The Morgan fingerprint density at radius 1 is 1.73 bits per heavy atom. The zero-order valence-corrected chi connectivity index (χ0v) is 6.82. The van der Waals surface area contributed by atoms with Gasteiger partial charge < -0.3 is 5.73 Å². The van der Waals surface area contributed by atoms with E-state index in [9.17, 15) is 4.39 Å².